The molecule has 1 aliphatic rings. The predicted molar refractivity (Wildman–Crippen MR) is 98.5 cm³/mol. The van der Waals surface area contributed by atoms with Crippen molar-refractivity contribution in [3.05, 3.63) is 54.5 Å². The summed E-state index contributed by atoms with van der Waals surface area (Å²) < 4.78 is 31.2. The Balaban J connectivity index is 1.71. The molecule has 1 atom stereocenters. The number of amides is 2. The first-order valence-electron chi connectivity index (χ1n) is 8.89. The number of rotatable bonds is 6. The van der Waals surface area contributed by atoms with Crippen LogP contribution in [0.5, 0.6) is 0 Å². The number of hydrogen-bond acceptors (Lipinski definition) is 5. The molecule has 0 radical (unpaired) electrons. The maximum Gasteiger partial charge on any atom is 0.309 e. The van der Waals surface area contributed by atoms with Crippen LogP contribution in [0.25, 0.3) is 0 Å². The molecule has 1 fully saturated rings. The van der Waals surface area contributed by atoms with Gasteiger partial charge in [0.25, 0.3) is 0 Å². The highest BCUT2D eigenvalue weighted by Crippen LogP contribution is 2.28. The molecule has 1 aliphatic carbocycles. The van der Waals surface area contributed by atoms with Crippen LogP contribution < -0.4 is 10.6 Å². The molecule has 0 saturated heterocycles. The molecule has 1 aromatic carbocycles. The molecule has 2 amide bonds. The van der Waals surface area contributed by atoms with E-state index in [1.165, 1.54) is 24.5 Å². The monoisotopic (exact) mass is 390 g/mol. The van der Waals surface area contributed by atoms with Crippen LogP contribution >= 0.6 is 0 Å². The first-order chi connectivity index (χ1) is 13.0. The van der Waals surface area contributed by atoms with Gasteiger partial charge in [-0.2, -0.15) is 0 Å². The maximum absolute atomic E-state index is 13.0. The van der Waals surface area contributed by atoms with Crippen molar-refractivity contribution in [3.8, 4) is 0 Å². The Hall–Kier alpha value is -2.61. The van der Waals surface area contributed by atoms with Gasteiger partial charge >= 0.3 is 11.8 Å². The summed E-state index contributed by atoms with van der Waals surface area (Å²) in [5, 5.41) is 3.99. The minimum Gasteiger partial charge on any atom is -0.468 e. The van der Waals surface area contributed by atoms with Gasteiger partial charge in [0.05, 0.1) is 11.2 Å². The van der Waals surface area contributed by atoms with E-state index in [1.807, 2.05) is 0 Å². The van der Waals surface area contributed by atoms with Crippen molar-refractivity contribution < 1.29 is 22.4 Å². The summed E-state index contributed by atoms with van der Waals surface area (Å²) >= 11 is 0. The van der Waals surface area contributed by atoms with Crippen molar-refractivity contribution in [2.75, 3.05) is 6.54 Å². The van der Waals surface area contributed by atoms with Gasteiger partial charge in [0, 0.05) is 12.6 Å². The van der Waals surface area contributed by atoms with Gasteiger partial charge < -0.3 is 15.1 Å². The Kier molecular flexibility index (Phi) is 5.95. The second-order valence-corrected chi connectivity index (χ2v) is 8.66. The zero-order valence-electron chi connectivity index (χ0n) is 14.8. The Labute approximate surface area is 158 Å². The molecule has 27 heavy (non-hydrogen) atoms. The number of furan rings is 1. The van der Waals surface area contributed by atoms with Crippen LogP contribution in [-0.2, 0) is 19.4 Å². The van der Waals surface area contributed by atoms with Gasteiger partial charge in [-0.3, -0.25) is 9.59 Å². The molecule has 2 aromatic rings. The lowest BCUT2D eigenvalue weighted by Gasteiger charge is -2.17. The number of nitrogens with one attached hydrogen (secondary N) is 2. The number of carbonyl (C=O) groups excluding carboxylic acids is 2. The molecule has 0 bridgehead atoms. The molecule has 1 heterocycles. The highest BCUT2D eigenvalue weighted by Gasteiger charge is 2.32. The molecule has 1 aromatic heterocycles. The fraction of sp³-hybridized carbons (Fsp3) is 0.368. The SMILES string of the molecule is O=C(NC[C@H](c1ccco1)S(=O)(=O)c1ccccc1)C(=O)NC1CCCC1. The Morgan fingerprint density at radius 2 is 1.74 bits per heavy atom. The van der Waals surface area contributed by atoms with Gasteiger partial charge in [-0.25, -0.2) is 8.42 Å². The summed E-state index contributed by atoms with van der Waals surface area (Å²) in [5.41, 5.74) is 0. The Bertz CT molecular complexity index is 872. The van der Waals surface area contributed by atoms with Crippen LogP contribution in [0.3, 0.4) is 0 Å². The number of carbonyl (C=O) groups is 2. The van der Waals surface area contributed by atoms with Crippen molar-refractivity contribution in [3.63, 3.8) is 0 Å². The third kappa shape index (κ3) is 4.57. The van der Waals surface area contributed by atoms with Gasteiger partial charge in [-0.1, -0.05) is 31.0 Å². The van der Waals surface area contributed by atoms with E-state index < -0.39 is 26.9 Å². The topological polar surface area (TPSA) is 105 Å². The first kappa shape index (κ1) is 19.2. The summed E-state index contributed by atoms with van der Waals surface area (Å²) in [4.78, 5) is 24.3. The van der Waals surface area contributed by atoms with E-state index in [4.69, 9.17) is 4.42 Å². The van der Waals surface area contributed by atoms with Crippen molar-refractivity contribution in [2.24, 2.45) is 0 Å². The molecule has 3 rings (SSSR count). The Morgan fingerprint density at radius 1 is 1.04 bits per heavy atom. The molecular formula is C19H22N2O5S. The van der Waals surface area contributed by atoms with Crippen LogP contribution in [0.2, 0.25) is 0 Å². The van der Waals surface area contributed by atoms with E-state index in [1.54, 1.807) is 24.3 Å². The number of hydrogen-bond donors (Lipinski definition) is 2. The van der Waals surface area contributed by atoms with Gasteiger partial charge in [0.1, 0.15) is 11.0 Å². The fourth-order valence-electron chi connectivity index (χ4n) is 3.20. The zero-order valence-corrected chi connectivity index (χ0v) is 15.6. The summed E-state index contributed by atoms with van der Waals surface area (Å²) in [5.74, 6) is -1.38. The smallest absolute Gasteiger partial charge is 0.309 e. The summed E-state index contributed by atoms with van der Waals surface area (Å²) in [7, 11) is -3.81. The second-order valence-electron chi connectivity index (χ2n) is 6.53. The average molecular weight is 390 g/mol. The molecule has 7 nitrogen and oxygen atoms in total. The lowest BCUT2D eigenvalue weighted by molar-refractivity contribution is -0.139. The van der Waals surface area contributed by atoms with E-state index in [2.05, 4.69) is 10.6 Å². The highest BCUT2D eigenvalue weighted by atomic mass is 32.2. The van der Waals surface area contributed by atoms with Gasteiger partial charge in [-0.05, 0) is 37.1 Å². The highest BCUT2D eigenvalue weighted by molar-refractivity contribution is 7.91. The summed E-state index contributed by atoms with van der Waals surface area (Å²) in [6.45, 7) is -0.262. The lowest BCUT2D eigenvalue weighted by Crippen LogP contribution is -2.45. The standard InChI is InChI=1S/C19H22N2O5S/c22-18(19(23)21-14-7-4-5-8-14)20-13-17(16-11-6-12-26-16)27(24,25)15-9-2-1-3-10-15/h1-3,6,9-12,14,17H,4-5,7-8,13H2,(H,20,22)(H,21,23)/t17-/m1/s1. The summed E-state index contributed by atoms with van der Waals surface area (Å²) in [6, 6.07) is 11.1. The third-order valence-electron chi connectivity index (χ3n) is 4.65. The second kappa shape index (κ2) is 8.39. The molecule has 0 unspecified atom stereocenters. The summed E-state index contributed by atoms with van der Waals surface area (Å²) in [6.07, 6.45) is 5.15. The quantitative estimate of drug-likeness (QED) is 0.734. The molecule has 144 valence electrons. The molecule has 8 heteroatoms. The fourth-order valence-corrected chi connectivity index (χ4v) is 4.81. The molecule has 0 aliphatic heterocycles. The molecule has 0 spiro atoms. The third-order valence-corrected chi connectivity index (χ3v) is 6.73. The minimum atomic E-state index is -3.81. The molecule has 1 saturated carbocycles. The molecule has 2 N–H and O–H groups in total. The van der Waals surface area contributed by atoms with E-state index in [0.717, 1.165) is 25.7 Å². The van der Waals surface area contributed by atoms with Gasteiger partial charge in [0.15, 0.2) is 9.84 Å². The molecular weight excluding hydrogens is 368 g/mol. The van der Waals surface area contributed by atoms with E-state index in [-0.39, 0.29) is 23.2 Å². The van der Waals surface area contributed by atoms with Crippen LogP contribution in [0.15, 0.2) is 58.0 Å². The van der Waals surface area contributed by atoms with Crippen LogP contribution in [-0.4, -0.2) is 32.8 Å². The lowest BCUT2D eigenvalue weighted by atomic mass is 10.2. The predicted octanol–water partition coefficient (Wildman–Crippen LogP) is 1.97. The minimum absolute atomic E-state index is 0.0113. The van der Waals surface area contributed by atoms with Gasteiger partial charge in [-0.15, -0.1) is 0 Å². The zero-order chi connectivity index (χ0) is 19.3. The van der Waals surface area contributed by atoms with Gasteiger partial charge in [0.2, 0.25) is 0 Å². The van der Waals surface area contributed by atoms with Crippen LogP contribution in [0.1, 0.15) is 36.7 Å². The van der Waals surface area contributed by atoms with Crippen molar-refractivity contribution in [1.82, 2.24) is 10.6 Å². The van der Waals surface area contributed by atoms with Crippen molar-refractivity contribution in [1.29, 1.82) is 0 Å². The van der Waals surface area contributed by atoms with Crippen LogP contribution in [0.4, 0.5) is 0 Å². The van der Waals surface area contributed by atoms with E-state index in [9.17, 15) is 18.0 Å². The largest absolute Gasteiger partial charge is 0.468 e. The maximum atomic E-state index is 13.0. The van der Waals surface area contributed by atoms with E-state index in [0.29, 0.717) is 0 Å². The van der Waals surface area contributed by atoms with Crippen molar-refractivity contribution >= 4 is 21.7 Å². The normalized spacial score (nSPS) is 16.0. The Morgan fingerprint density at radius 3 is 2.37 bits per heavy atom. The number of benzene rings is 1. The number of sulfone groups is 1. The van der Waals surface area contributed by atoms with Crippen LogP contribution in [0, 0.1) is 0 Å². The average Bonchev–Trinajstić information content (AvgIpc) is 3.36. The van der Waals surface area contributed by atoms with E-state index >= 15 is 0 Å². The first-order valence-corrected chi connectivity index (χ1v) is 10.4. The van der Waals surface area contributed by atoms with Crippen molar-refractivity contribution in [2.45, 2.75) is 41.9 Å².